The van der Waals surface area contributed by atoms with Gasteiger partial charge in [0.25, 0.3) is 0 Å². The Morgan fingerprint density at radius 3 is 2.41 bits per heavy atom. The molecule has 0 unspecified atom stereocenters. The molecule has 0 saturated carbocycles. The fraction of sp³-hybridized carbons (Fsp3) is 0.333. The predicted molar refractivity (Wildman–Crippen MR) is 105 cm³/mol. The lowest BCUT2D eigenvalue weighted by molar-refractivity contribution is -0.120. The number of halogens is 1. The Kier molecular flexibility index (Phi) is 6.71. The fourth-order valence-electron chi connectivity index (χ4n) is 3.11. The summed E-state index contributed by atoms with van der Waals surface area (Å²) in [5.74, 6) is 0.881. The molecule has 0 radical (unpaired) electrons. The minimum Gasteiger partial charge on any atom is -0.410 e. The van der Waals surface area contributed by atoms with Crippen molar-refractivity contribution < 1.29 is 14.3 Å². The average Bonchev–Trinajstić information content (AvgIpc) is 2.69. The number of benzene rings is 2. The molecule has 1 saturated heterocycles. The SMILES string of the molecule is O=C(Cc1ccccc1Cl)NCC1CCN(C(=O)Oc2ccccc2)CC1. The van der Waals surface area contributed by atoms with Gasteiger partial charge in [-0.05, 0) is 42.5 Å². The molecule has 0 aromatic heterocycles. The van der Waals surface area contributed by atoms with Gasteiger partial charge in [-0.2, -0.15) is 0 Å². The summed E-state index contributed by atoms with van der Waals surface area (Å²) in [7, 11) is 0. The maximum Gasteiger partial charge on any atom is 0.415 e. The third-order valence-corrected chi connectivity index (χ3v) is 5.09. The molecular weight excluding hydrogens is 364 g/mol. The van der Waals surface area contributed by atoms with E-state index in [1.54, 1.807) is 23.1 Å². The van der Waals surface area contributed by atoms with Crippen molar-refractivity contribution in [1.82, 2.24) is 10.2 Å². The lowest BCUT2D eigenvalue weighted by atomic mass is 9.97. The predicted octanol–water partition coefficient (Wildman–Crippen LogP) is 3.91. The van der Waals surface area contributed by atoms with Gasteiger partial charge in [0.05, 0.1) is 6.42 Å². The van der Waals surface area contributed by atoms with E-state index in [-0.39, 0.29) is 18.4 Å². The van der Waals surface area contributed by atoms with Crippen LogP contribution in [0.15, 0.2) is 54.6 Å². The Hall–Kier alpha value is -2.53. The Morgan fingerprint density at radius 2 is 1.70 bits per heavy atom. The van der Waals surface area contributed by atoms with Crippen LogP contribution in [0.1, 0.15) is 18.4 Å². The zero-order valence-electron chi connectivity index (χ0n) is 15.1. The number of hydrogen-bond donors (Lipinski definition) is 1. The van der Waals surface area contributed by atoms with E-state index in [1.807, 2.05) is 36.4 Å². The van der Waals surface area contributed by atoms with Crippen LogP contribution >= 0.6 is 11.6 Å². The summed E-state index contributed by atoms with van der Waals surface area (Å²) >= 11 is 6.09. The Labute approximate surface area is 164 Å². The zero-order chi connectivity index (χ0) is 19.1. The van der Waals surface area contributed by atoms with Crippen LogP contribution in [-0.4, -0.2) is 36.5 Å². The molecule has 2 aromatic rings. The van der Waals surface area contributed by atoms with Crippen molar-refractivity contribution in [2.75, 3.05) is 19.6 Å². The first-order valence-corrected chi connectivity index (χ1v) is 9.51. The summed E-state index contributed by atoms with van der Waals surface area (Å²) in [6.07, 6.45) is 1.65. The molecule has 6 heteroatoms. The van der Waals surface area contributed by atoms with E-state index in [4.69, 9.17) is 16.3 Å². The molecule has 1 heterocycles. The molecule has 1 aliphatic heterocycles. The fourth-order valence-corrected chi connectivity index (χ4v) is 3.31. The second kappa shape index (κ2) is 9.42. The Morgan fingerprint density at radius 1 is 1.04 bits per heavy atom. The Balaban J connectivity index is 1.38. The van der Waals surface area contributed by atoms with Gasteiger partial charge in [-0.1, -0.05) is 48.0 Å². The number of amides is 2. The van der Waals surface area contributed by atoms with Crippen LogP contribution in [0.4, 0.5) is 4.79 Å². The summed E-state index contributed by atoms with van der Waals surface area (Å²) in [6.45, 7) is 1.89. The van der Waals surface area contributed by atoms with Gasteiger partial charge in [0.15, 0.2) is 0 Å². The van der Waals surface area contributed by atoms with Crippen LogP contribution in [-0.2, 0) is 11.2 Å². The van der Waals surface area contributed by atoms with Gasteiger partial charge in [0, 0.05) is 24.7 Å². The van der Waals surface area contributed by atoms with Crippen molar-refractivity contribution in [3.63, 3.8) is 0 Å². The molecule has 0 aliphatic carbocycles. The largest absolute Gasteiger partial charge is 0.415 e. The number of likely N-dealkylation sites (tertiary alicyclic amines) is 1. The van der Waals surface area contributed by atoms with Crippen molar-refractivity contribution >= 4 is 23.6 Å². The van der Waals surface area contributed by atoms with Gasteiger partial charge in [-0.15, -0.1) is 0 Å². The molecule has 0 atom stereocenters. The molecular formula is C21H23ClN2O3. The molecule has 27 heavy (non-hydrogen) atoms. The van der Waals surface area contributed by atoms with E-state index in [0.717, 1.165) is 18.4 Å². The van der Waals surface area contributed by atoms with E-state index in [2.05, 4.69) is 5.32 Å². The first kappa shape index (κ1) is 19.2. The highest BCUT2D eigenvalue weighted by atomic mass is 35.5. The number of nitrogens with one attached hydrogen (secondary N) is 1. The van der Waals surface area contributed by atoms with Crippen LogP contribution in [0.3, 0.4) is 0 Å². The highest BCUT2D eigenvalue weighted by Gasteiger charge is 2.24. The van der Waals surface area contributed by atoms with E-state index in [1.165, 1.54) is 0 Å². The lowest BCUT2D eigenvalue weighted by Gasteiger charge is -2.31. The van der Waals surface area contributed by atoms with Crippen molar-refractivity contribution in [1.29, 1.82) is 0 Å². The van der Waals surface area contributed by atoms with Crippen LogP contribution in [0.2, 0.25) is 5.02 Å². The molecule has 2 amide bonds. The quantitative estimate of drug-likeness (QED) is 0.847. The van der Waals surface area contributed by atoms with E-state index < -0.39 is 0 Å². The van der Waals surface area contributed by atoms with E-state index in [0.29, 0.717) is 36.3 Å². The monoisotopic (exact) mass is 386 g/mol. The minimum atomic E-state index is -0.317. The molecule has 5 nitrogen and oxygen atoms in total. The standard InChI is InChI=1S/C21H23ClN2O3/c22-19-9-5-4-6-17(19)14-20(25)23-15-16-10-12-24(13-11-16)21(26)27-18-7-2-1-3-8-18/h1-9,16H,10-15H2,(H,23,25). The normalized spacial score (nSPS) is 14.6. The number of nitrogens with zero attached hydrogens (tertiary/aromatic N) is 1. The average molecular weight is 387 g/mol. The molecule has 1 fully saturated rings. The number of piperidine rings is 1. The van der Waals surface area contributed by atoms with Crippen LogP contribution in [0, 0.1) is 5.92 Å². The topological polar surface area (TPSA) is 58.6 Å². The molecule has 1 N–H and O–H groups in total. The van der Waals surface area contributed by atoms with Gasteiger partial charge in [0.1, 0.15) is 5.75 Å². The molecule has 0 spiro atoms. The molecule has 2 aromatic carbocycles. The summed E-state index contributed by atoms with van der Waals surface area (Å²) in [4.78, 5) is 26.0. The smallest absolute Gasteiger partial charge is 0.410 e. The number of carbonyl (C=O) groups excluding carboxylic acids is 2. The highest BCUT2D eigenvalue weighted by Crippen LogP contribution is 2.19. The zero-order valence-corrected chi connectivity index (χ0v) is 15.8. The summed E-state index contributed by atoms with van der Waals surface area (Å²) < 4.78 is 5.37. The number of ether oxygens (including phenoxy) is 1. The number of hydrogen-bond acceptors (Lipinski definition) is 3. The van der Waals surface area contributed by atoms with E-state index >= 15 is 0 Å². The third-order valence-electron chi connectivity index (χ3n) is 4.72. The number of carbonyl (C=O) groups is 2. The van der Waals surface area contributed by atoms with Crippen molar-refractivity contribution in [2.24, 2.45) is 5.92 Å². The van der Waals surface area contributed by atoms with Gasteiger partial charge in [-0.25, -0.2) is 4.79 Å². The van der Waals surface area contributed by atoms with Gasteiger partial charge < -0.3 is 15.0 Å². The summed E-state index contributed by atoms with van der Waals surface area (Å²) in [5, 5.41) is 3.59. The highest BCUT2D eigenvalue weighted by molar-refractivity contribution is 6.31. The Bertz CT molecular complexity index is 774. The van der Waals surface area contributed by atoms with E-state index in [9.17, 15) is 9.59 Å². The van der Waals surface area contributed by atoms with Gasteiger partial charge in [-0.3, -0.25) is 4.79 Å². The second-order valence-corrected chi connectivity index (χ2v) is 7.09. The van der Waals surface area contributed by atoms with Crippen molar-refractivity contribution in [2.45, 2.75) is 19.3 Å². The van der Waals surface area contributed by atoms with Crippen LogP contribution in [0.25, 0.3) is 0 Å². The van der Waals surface area contributed by atoms with Gasteiger partial charge >= 0.3 is 6.09 Å². The maximum absolute atomic E-state index is 12.2. The van der Waals surface area contributed by atoms with Crippen LogP contribution in [0.5, 0.6) is 5.75 Å². The number of rotatable bonds is 5. The minimum absolute atomic E-state index is 0.0333. The molecule has 1 aliphatic rings. The molecule has 3 rings (SSSR count). The first-order valence-electron chi connectivity index (χ1n) is 9.13. The maximum atomic E-state index is 12.2. The molecule has 142 valence electrons. The van der Waals surface area contributed by atoms with Crippen molar-refractivity contribution in [3.8, 4) is 5.75 Å². The summed E-state index contributed by atoms with van der Waals surface area (Å²) in [6, 6.07) is 16.4. The molecule has 0 bridgehead atoms. The second-order valence-electron chi connectivity index (χ2n) is 6.68. The number of para-hydroxylation sites is 1. The van der Waals surface area contributed by atoms with Gasteiger partial charge in [0.2, 0.25) is 5.91 Å². The van der Waals surface area contributed by atoms with Crippen LogP contribution < -0.4 is 10.1 Å². The first-order chi connectivity index (χ1) is 13.1. The third kappa shape index (κ3) is 5.73. The summed E-state index contributed by atoms with van der Waals surface area (Å²) in [5.41, 5.74) is 0.829. The lowest BCUT2D eigenvalue weighted by Crippen LogP contribution is -2.42. The van der Waals surface area contributed by atoms with Crippen molar-refractivity contribution in [3.05, 3.63) is 65.2 Å².